The van der Waals surface area contributed by atoms with Crippen molar-refractivity contribution in [3.8, 4) is 0 Å². The molecule has 0 spiro atoms. The number of carboxylic acid groups (broad SMARTS) is 1. The first-order chi connectivity index (χ1) is 29.4. The molecule has 5 atom stereocenters. The number of nitrogens with two attached hydrogens (primary N) is 2. The first-order valence-corrected chi connectivity index (χ1v) is 24.5. The fourth-order valence-corrected chi connectivity index (χ4v) is 7.26. The van der Waals surface area contributed by atoms with E-state index >= 15 is 0 Å². The summed E-state index contributed by atoms with van der Waals surface area (Å²) in [4.78, 5) is 46.7. The van der Waals surface area contributed by atoms with Crippen LogP contribution in [-0.2, 0) is 37.5 Å². The highest BCUT2D eigenvalue weighted by molar-refractivity contribution is 8.00. The highest BCUT2D eigenvalue weighted by atomic mass is 32.2. The van der Waals surface area contributed by atoms with Crippen LogP contribution < -0.4 is 11.5 Å². The first-order valence-electron chi connectivity index (χ1n) is 22.0. The van der Waals surface area contributed by atoms with Gasteiger partial charge in [0, 0.05) is 30.4 Å². The molecule has 1 unspecified atom stereocenters. The fourth-order valence-electron chi connectivity index (χ4n) is 5.37. The second kappa shape index (κ2) is 41.0. The lowest BCUT2D eigenvalue weighted by molar-refractivity contribution is -0.161. The minimum Gasteiger partial charge on any atom is -0.481 e. The Morgan fingerprint density at radius 1 is 0.738 bits per heavy atom. The van der Waals surface area contributed by atoms with E-state index in [-0.39, 0.29) is 44.6 Å². The van der Waals surface area contributed by atoms with E-state index in [1.807, 2.05) is 24.3 Å². The average Bonchev–Trinajstić information content (AvgIpc) is 3.23. The number of phosphoric ester groups is 1. The van der Waals surface area contributed by atoms with Crippen LogP contribution in [-0.4, -0.2) is 88.6 Å². The van der Waals surface area contributed by atoms with Gasteiger partial charge in [0.2, 0.25) is 0 Å². The molecule has 0 rings (SSSR count). The van der Waals surface area contributed by atoms with Gasteiger partial charge in [0.1, 0.15) is 12.6 Å². The van der Waals surface area contributed by atoms with Gasteiger partial charge in [-0.15, -0.1) is 11.8 Å². The molecule has 348 valence electrons. The molecule has 7 N–H and O–H groups in total. The number of carboxylic acids is 1. The number of hydrogen-bond donors (Lipinski definition) is 5. The molecule has 61 heavy (non-hydrogen) atoms. The molecule has 0 aliphatic heterocycles. The van der Waals surface area contributed by atoms with Crippen molar-refractivity contribution in [2.75, 3.05) is 32.1 Å². The zero-order valence-electron chi connectivity index (χ0n) is 36.8. The molecular weight excluding hydrogens is 820 g/mol. The quantitative estimate of drug-likeness (QED) is 0.0127. The normalized spacial score (nSPS) is 15.5. The molecule has 0 aliphatic carbocycles. The third-order valence-corrected chi connectivity index (χ3v) is 11.2. The standard InChI is InChI=1S/C46H77N2O11PS/c1-3-5-7-9-11-13-15-17-18-19-21-23-25-27-29-34-45(52)56-37-40(38-58-60(54,55)57-36-35-47)59-46(53)41(48)39-61-43(42(49)31-30-33-44(50)51)32-28-26-24-22-20-16-14-12-10-8-6-4-2/h5,7,11-14,17-18,20,22,24,26,28,32,40-43,49H,3-4,6,8-10,15-16,19,21,23,25,27,29-31,33-39,47-48H2,1-2H3,(H,50,51)(H,54,55)/b7-5-,13-11-,14-12-,18-17-,22-20-,26-24+,32-28+/t40-,41+,42+,43-/m1/s1. The maximum Gasteiger partial charge on any atom is 0.472 e. The Hall–Kier alpha value is -3.07. The Kier molecular flexibility index (Phi) is 38.9. The number of aliphatic carboxylic acids is 1. The third kappa shape index (κ3) is 38.3. The topological polar surface area (TPSA) is 218 Å². The molecule has 0 amide bonds. The second-order valence-corrected chi connectivity index (χ2v) is 17.1. The monoisotopic (exact) mass is 896 g/mol. The molecule has 0 aromatic carbocycles. The number of thioether (sulfide) groups is 1. The Morgan fingerprint density at radius 2 is 1.36 bits per heavy atom. The van der Waals surface area contributed by atoms with Gasteiger partial charge in [-0.3, -0.25) is 23.4 Å². The number of unbranched alkanes of at least 4 members (excludes halogenated alkanes) is 8. The van der Waals surface area contributed by atoms with Crippen LogP contribution in [0, 0.1) is 0 Å². The molecule has 0 aromatic heterocycles. The summed E-state index contributed by atoms with van der Waals surface area (Å²) in [6, 6.07) is -1.20. The third-order valence-electron chi connectivity index (χ3n) is 8.76. The number of rotatable bonds is 40. The smallest absolute Gasteiger partial charge is 0.472 e. The van der Waals surface area contributed by atoms with Crippen LogP contribution in [0.3, 0.4) is 0 Å². The number of aliphatic hydroxyl groups excluding tert-OH is 1. The van der Waals surface area contributed by atoms with E-state index in [9.17, 15) is 28.9 Å². The maximum atomic E-state index is 13.1. The van der Waals surface area contributed by atoms with Crippen LogP contribution >= 0.6 is 19.6 Å². The van der Waals surface area contributed by atoms with Crippen LogP contribution in [0.25, 0.3) is 0 Å². The van der Waals surface area contributed by atoms with E-state index in [1.165, 1.54) is 31.0 Å². The van der Waals surface area contributed by atoms with Gasteiger partial charge in [-0.2, -0.15) is 0 Å². The van der Waals surface area contributed by atoms with Crippen molar-refractivity contribution in [3.05, 3.63) is 85.1 Å². The molecule has 0 saturated carbocycles. The molecule has 0 heterocycles. The largest absolute Gasteiger partial charge is 0.481 e. The molecule has 15 heteroatoms. The van der Waals surface area contributed by atoms with E-state index in [2.05, 4.69) is 62.5 Å². The van der Waals surface area contributed by atoms with Gasteiger partial charge in [0.25, 0.3) is 0 Å². The van der Waals surface area contributed by atoms with Crippen molar-refractivity contribution in [3.63, 3.8) is 0 Å². The van der Waals surface area contributed by atoms with Crippen molar-refractivity contribution < 1.29 is 52.6 Å². The lowest BCUT2D eigenvalue weighted by atomic mass is 10.1. The second-order valence-electron chi connectivity index (χ2n) is 14.4. The molecule has 13 nitrogen and oxygen atoms in total. The molecule has 0 radical (unpaired) electrons. The van der Waals surface area contributed by atoms with Gasteiger partial charge in [-0.1, -0.05) is 131 Å². The molecule has 0 fully saturated rings. The van der Waals surface area contributed by atoms with E-state index in [0.717, 1.165) is 64.2 Å². The van der Waals surface area contributed by atoms with Crippen molar-refractivity contribution in [2.24, 2.45) is 11.5 Å². The van der Waals surface area contributed by atoms with Crippen LogP contribution in [0.15, 0.2) is 85.1 Å². The number of aliphatic hydroxyl groups is 1. The summed E-state index contributed by atoms with van der Waals surface area (Å²) < 4.78 is 32.9. The number of allylic oxidation sites excluding steroid dienone is 13. The number of esters is 2. The Labute approximate surface area is 370 Å². The average molecular weight is 897 g/mol. The zero-order valence-corrected chi connectivity index (χ0v) is 38.5. The van der Waals surface area contributed by atoms with Crippen LogP contribution in [0.5, 0.6) is 0 Å². The summed E-state index contributed by atoms with van der Waals surface area (Å²) >= 11 is 1.19. The summed E-state index contributed by atoms with van der Waals surface area (Å²) in [5.41, 5.74) is 11.5. The van der Waals surface area contributed by atoms with Crippen molar-refractivity contribution in [1.29, 1.82) is 0 Å². The van der Waals surface area contributed by atoms with Gasteiger partial charge in [0.15, 0.2) is 6.10 Å². The summed E-state index contributed by atoms with van der Waals surface area (Å²) in [5.74, 6) is -2.35. The number of carbonyl (C=O) groups is 3. The molecule has 0 saturated heterocycles. The Morgan fingerprint density at radius 3 is 2.03 bits per heavy atom. The summed E-state index contributed by atoms with van der Waals surface area (Å²) in [6.07, 6.45) is 40.9. The summed E-state index contributed by atoms with van der Waals surface area (Å²) in [7, 11) is -4.55. The summed E-state index contributed by atoms with van der Waals surface area (Å²) in [6.45, 7) is 2.96. The molecular formula is C46H77N2O11PS. The molecule has 0 aliphatic rings. The van der Waals surface area contributed by atoms with Crippen molar-refractivity contribution >= 4 is 37.5 Å². The van der Waals surface area contributed by atoms with E-state index in [1.54, 1.807) is 12.2 Å². The maximum absolute atomic E-state index is 13.1. The predicted molar refractivity (Wildman–Crippen MR) is 248 cm³/mol. The van der Waals surface area contributed by atoms with Crippen molar-refractivity contribution in [1.82, 2.24) is 0 Å². The minimum absolute atomic E-state index is 0.00827. The molecule has 0 aromatic rings. The number of carbonyl (C=O) groups excluding carboxylic acids is 2. The SMILES string of the molecule is CC/C=C\C/C=C\C/C=C\CCCCCCCC(=O)OC[C@H](COP(=O)(O)OCCN)OC(=O)[C@@H](N)CS[C@H](/C=C/C=C/C=C\C/C=C\CCCCC)[C@@H](O)CCCC(=O)O. The number of hydrogen-bond acceptors (Lipinski definition) is 12. The van der Waals surface area contributed by atoms with Gasteiger partial charge in [0.05, 0.1) is 19.3 Å². The lowest BCUT2D eigenvalue weighted by Gasteiger charge is -2.23. The van der Waals surface area contributed by atoms with Gasteiger partial charge >= 0.3 is 25.7 Å². The highest BCUT2D eigenvalue weighted by Gasteiger charge is 2.28. The number of phosphoric acid groups is 1. The van der Waals surface area contributed by atoms with Gasteiger partial charge in [-0.05, 0) is 70.6 Å². The summed E-state index contributed by atoms with van der Waals surface area (Å²) in [5, 5.41) is 19.4. The van der Waals surface area contributed by atoms with E-state index in [0.29, 0.717) is 6.42 Å². The van der Waals surface area contributed by atoms with Crippen LogP contribution in [0.2, 0.25) is 0 Å². The minimum atomic E-state index is -4.55. The predicted octanol–water partition coefficient (Wildman–Crippen LogP) is 9.36. The fraction of sp³-hybridized carbons (Fsp3) is 0.630. The van der Waals surface area contributed by atoms with Gasteiger partial charge in [-0.25, -0.2) is 4.57 Å². The Bertz CT molecular complexity index is 1400. The zero-order chi connectivity index (χ0) is 45.2. The Balaban J connectivity index is 5.14. The molecule has 0 bridgehead atoms. The van der Waals surface area contributed by atoms with Crippen LogP contribution in [0.1, 0.15) is 129 Å². The van der Waals surface area contributed by atoms with E-state index in [4.69, 9.17) is 35.1 Å². The number of ether oxygens (including phenoxy) is 2. The van der Waals surface area contributed by atoms with E-state index < -0.39 is 62.4 Å². The van der Waals surface area contributed by atoms with Crippen LogP contribution in [0.4, 0.5) is 0 Å². The van der Waals surface area contributed by atoms with Crippen molar-refractivity contribution in [2.45, 2.75) is 153 Å². The van der Waals surface area contributed by atoms with Gasteiger partial charge < -0.3 is 36.0 Å². The lowest BCUT2D eigenvalue weighted by Crippen LogP contribution is -2.40. The first kappa shape index (κ1) is 57.9. The highest BCUT2D eigenvalue weighted by Crippen LogP contribution is 2.43.